The molecule has 0 aliphatic carbocycles. The number of urea groups is 1. The second kappa shape index (κ2) is 9.61. The molecule has 1 aliphatic heterocycles. The standard InChI is InChI=1S/C23H25N5O4/c1-16-7-9-17(10-8-16)21-25-20(32-26-21)15-27-11-13-28(14-12-27)23(30)24-19-6-4-3-5-18(19)22(29)31-2/h3-10H,11-15H2,1-2H3,(H,24,30). The van der Waals surface area contributed by atoms with Gasteiger partial charge in [-0.3, -0.25) is 4.90 Å². The molecule has 2 amide bonds. The zero-order valence-electron chi connectivity index (χ0n) is 18.1. The lowest BCUT2D eigenvalue weighted by Gasteiger charge is -2.34. The number of nitrogens with zero attached hydrogens (tertiary/aromatic N) is 4. The van der Waals surface area contributed by atoms with Gasteiger partial charge in [0.15, 0.2) is 0 Å². The van der Waals surface area contributed by atoms with Crippen LogP contribution in [0.15, 0.2) is 53.1 Å². The average molecular weight is 435 g/mol. The van der Waals surface area contributed by atoms with Gasteiger partial charge in [0.05, 0.1) is 24.9 Å². The summed E-state index contributed by atoms with van der Waals surface area (Å²) in [5, 5.41) is 6.89. The van der Waals surface area contributed by atoms with Crippen LogP contribution in [0.2, 0.25) is 0 Å². The normalized spacial score (nSPS) is 14.2. The first-order valence-electron chi connectivity index (χ1n) is 10.4. The molecule has 1 aromatic heterocycles. The van der Waals surface area contributed by atoms with Gasteiger partial charge in [-0.2, -0.15) is 4.98 Å². The number of para-hydroxylation sites is 1. The molecule has 0 radical (unpaired) electrons. The van der Waals surface area contributed by atoms with E-state index in [0.717, 1.165) is 5.56 Å². The Labute approximate surface area is 186 Å². The summed E-state index contributed by atoms with van der Waals surface area (Å²) in [6, 6.07) is 14.5. The maximum atomic E-state index is 12.7. The van der Waals surface area contributed by atoms with E-state index in [-0.39, 0.29) is 6.03 Å². The first-order chi connectivity index (χ1) is 15.5. The summed E-state index contributed by atoms with van der Waals surface area (Å²) in [6.07, 6.45) is 0. The van der Waals surface area contributed by atoms with Crippen molar-refractivity contribution in [3.8, 4) is 11.4 Å². The van der Waals surface area contributed by atoms with Gasteiger partial charge in [-0.1, -0.05) is 47.1 Å². The van der Waals surface area contributed by atoms with Crippen molar-refractivity contribution in [1.29, 1.82) is 0 Å². The number of benzene rings is 2. The number of anilines is 1. The summed E-state index contributed by atoms with van der Waals surface area (Å²) in [7, 11) is 1.31. The summed E-state index contributed by atoms with van der Waals surface area (Å²) in [5.41, 5.74) is 2.84. The number of esters is 1. The van der Waals surface area contributed by atoms with Gasteiger partial charge < -0.3 is 19.5 Å². The number of ether oxygens (including phenoxy) is 1. The first kappa shape index (κ1) is 21.5. The molecular weight excluding hydrogens is 410 g/mol. The Bertz CT molecular complexity index is 1090. The smallest absolute Gasteiger partial charge is 0.339 e. The highest BCUT2D eigenvalue weighted by molar-refractivity contribution is 6.00. The number of nitrogens with one attached hydrogen (secondary N) is 1. The maximum absolute atomic E-state index is 12.7. The maximum Gasteiger partial charge on any atom is 0.339 e. The molecule has 0 spiro atoms. The van der Waals surface area contributed by atoms with Gasteiger partial charge in [0.25, 0.3) is 0 Å². The number of amides is 2. The van der Waals surface area contributed by atoms with E-state index in [4.69, 9.17) is 9.26 Å². The highest BCUT2D eigenvalue weighted by Gasteiger charge is 2.24. The van der Waals surface area contributed by atoms with E-state index < -0.39 is 5.97 Å². The third kappa shape index (κ3) is 4.94. The van der Waals surface area contributed by atoms with Crippen LogP contribution in [-0.4, -0.2) is 65.2 Å². The zero-order valence-corrected chi connectivity index (χ0v) is 18.1. The van der Waals surface area contributed by atoms with Crippen molar-refractivity contribution in [2.24, 2.45) is 0 Å². The van der Waals surface area contributed by atoms with Crippen molar-refractivity contribution in [3.63, 3.8) is 0 Å². The number of carbonyl (C=O) groups excluding carboxylic acids is 2. The number of piperazine rings is 1. The van der Waals surface area contributed by atoms with Gasteiger partial charge in [-0.15, -0.1) is 0 Å². The second-order valence-corrected chi connectivity index (χ2v) is 7.61. The fourth-order valence-corrected chi connectivity index (χ4v) is 3.51. The van der Waals surface area contributed by atoms with E-state index >= 15 is 0 Å². The lowest BCUT2D eigenvalue weighted by atomic mass is 10.1. The Kier molecular flexibility index (Phi) is 6.46. The molecule has 2 heterocycles. The number of aromatic nitrogens is 2. The van der Waals surface area contributed by atoms with Gasteiger partial charge in [0.1, 0.15) is 0 Å². The number of aryl methyl sites for hydroxylation is 1. The molecule has 9 heteroatoms. The minimum absolute atomic E-state index is 0.250. The molecule has 0 unspecified atom stereocenters. The van der Waals surface area contributed by atoms with Crippen LogP contribution in [0.1, 0.15) is 21.8 Å². The van der Waals surface area contributed by atoms with E-state index in [2.05, 4.69) is 20.4 Å². The van der Waals surface area contributed by atoms with Crippen LogP contribution in [0.3, 0.4) is 0 Å². The summed E-state index contributed by atoms with van der Waals surface area (Å²) in [6.45, 7) is 5.00. The Hall–Kier alpha value is -3.72. The molecule has 9 nitrogen and oxygen atoms in total. The van der Waals surface area contributed by atoms with Crippen LogP contribution in [0, 0.1) is 6.92 Å². The molecule has 3 aromatic rings. The van der Waals surface area contributed by atoms with Crippen LogP contribution < -0.4 is 5.32 Å². The van der Waals surface area contributed by atoms with Gasteiger partial charge in [0, 0.05) is 31.7 Å². The summed E-state index contributed by atoms with van der Waals surface area (Å²) in [4.78, 5) is 33.0. The molecule has 166 valence electrons. The summed E-state index contributed by atoms with van der Waals surface area (Å²) >= 11 is 0. The number of hydrogen-bond donors (Lipinski definition) is 1. The lowest BCUT2D eigenvalue weighted by molar-refractivity contribution is 0.0602. The van der Waals surface area contributed by atoms with E-state index in [9.17, 15) is 9.59 Å². The highest BCUT2D eigenvalue weighted by Crippen LogP contribution is 2.19. The van der Waals surface area contributed by atoms with Crippen molar-refractivity contribution < 1.29 is 18.8 Å². The Morgan fingerprint density at radius 1 is 1.06 bits per heavy atom. The van der Waals surface area contributed by atoms with Crippen molar-refractivity contribution in [2.45, 2.75) is 13.5 Å². The largest absolute Gasteiger partial charge is 0.465 e. The molecule has 0 atom stereocenters. The zero-order chi connectivity index (χ0) is 22.5. The minimum atomic E-state index is -0.490. The molecule has 0 bridgehead atoms. The monoisotopic (exact) mass is 435 g/mol. The molecule has 2 aromatic carbocycles. The van der Waals surface area contributed by atoms with Crippen LogP contribution >= 0.6 is 0 Å². The van der Waals surface area contributed by atoms with Gasteiger partial charge >= 0.3 is 12.0 Å². The van der Waals surface area contributed by atoms with Crippen LogP contribution in [-0.2, 0) is 11.3 Å². The molecule has 1 aliphatic rings. The lowest BCUT2D eigenvalue weighted by Crippen LogP contribution is -2.49. The highest BCUT2D eigenvalue weighted by atomic mass is 16.5. The predicted octanol–water partition coefficient (Wildman–Crippen LogP) is 3.18. The molecule has 0 saturated carbocycles. The van der Waals surface area contributed by atoms with Gasteiger partial charge in [-0.05, 0) is 19.1 Å². The Morgan fingerprint density at radius 2 is 1.78 bits per heavy atom. The van der Waals surface area contributed by atoms with Crippen molar-refractivity contribution in [1.82, 2.24) is 19.9 Å². The molecule has 1 saturated heterocycles. The predicted molar refractivity (Wildman–Crippen MR) is 118 cm³/mol. The first-order valence-corrected chi connectivity index (χ1v) is 10.4. The van der Waals surface area contributed by atoms with Gasteiger partial charge in [0.2, 0.25) is 11.7 Å². The quantitative estimate of drug-likeness (QED) is 0.614. The fourth-order valence-electron chi connectivity index (χ4n) is 3.51. The summed E-state index contributed by atoms with van der Waals surface area (Å²) < 4.78 is 10.2. The van der Waals surface area contributed by atoms with Crippen molar-refractivity contribution in [2.75, 3.05) is 38.6 Å². The third-order valence-corrected chi connectivity index (χ3v) is 5.37. The van der Waals surface area contributed by atoms with Crippen LogP contribution in [0.5, 0.6) is 0 Å². The van der Waals surface area contributed by atoms with E-state index in [1.807, 2.05) is 31.2 Å². The third-order valence-electron chi connectivity index (χ3n) is 5.37. The van der Waals surface area contributed by atoms with Crippen molar-refractivity contribution >= 4 is 17.7 Å². The summed E-state index contributed by atoms with van der Waals surface area (Å²) in [5.74, 6) is 0.628. The van der Waals surface area contributed by atoms with Crippen LogP contribution in [0.25, 0.3) is 11.4 Å². The topological polar surface area (TPSA) is 101 Å². The van der Waals surface area contributed by atoms with E-state index in [1.54, 1.807) is 29.2 Å². The van der Waals surface area contributed by atoms with E-state index in [0.29, 0.717) is 55.7 Å². The molecular formula is C23H25N5O4. The number of methoxy groups -OCH3 is 1. The van der Waals surface area contributed by atoms with Crippen LogP contribution in [0.4, 0.5) is 10.5 Å². The van der Waals surface area contributed by atoms with Gasteiger partial charge in [-0.25, -0.2) is 9.59 Å². The molecule has 32 heavy (non-hydrogen) atoms. The number of hydrogen-bond acceptors (Lipinski definition) is 7. The number of carbonyl (C=O) groups is 2. The van der Waals surface area contributed by atoms with E-state index in [1.165, 1.54) is 12.7 Å². The number of rotatable bonds is 5. The Morgan fingerprint density at radius 3 is 2.50 bits per heavy atom. The molecule has 4 rings (SSSR count). The SMILES string of the molecule is COC(=O)c1ccccc1NC(=O)N1CCN(Cc2nc(-c3ccc(C)cc3)no2)CC1. The molecule has 1 fully saturated rings. The second-order valence-electron chi connectivity index (χ2n) is 7.61. The molecule has 1 N–H and O–H groups in total. The fraction of sp³-hybridized carbons (Fsp3) is 0.304. The minimum Gasteiger partial charge on any atom is -0.465 e. The Balaban J connectivity index is 1.31. The van der Waals surface area contributed by atoms with Crippen molar-refractivity contribution in [3.05, 3.63) is 65.5 Å². The average Bonchev–Trinajstić information content (AvgIpc) is 3.28.